The van der Waals surface area contributed by atoms with Crippen LogP contribution in [0.1, 0.15) is 85.2 Å². The Hall–Kier alpha value is -2.75. The minimum Gasteiger partial charge on any atom is -0.391 e. The predicted octanol–water partition coefficient (Wildman–Crippen LogP) is 5.22. The highest BCUT2D eigenvalue weighted by Crippen LogP contribution is 2.40. The molecule has 3 aromatic rings. The maximum Gasteiger partial charge on any atom is 0.434 e. The summed E-state index contributed by atoms with van der Waals surface area (Å²) in [5.41, 5.74) is 5.54. The first-order chi connectivity index (χ1) is 17.6. The molecule has 0 aliphatic carbocycles. The van der Waals surface area contributed by atoms with E-state index in [1.165, 1.54) is 14.2 Å². The number of nitrogens with one attached hydrogen (secondary N) is 1. The molecule has 1 fully saturated rings. The van der Waals surface area contributed by atoms with Crippen LogP contribution in [0.25, 0.3) is 0 Å². The van der Waals surface area contributed by atoms with Gasteiger partial charge in [0, 0.05) is 26.1 Å². The van der Waals surface area contributed by atoms with Gasteiger partial charge >= 0.3 is 5.76 Å². The molecule has 37 heavy (non-hydrogen) atoms. The van der Waals surface area contributed by atoms with E-state index < -0.39 is 22.0 Å². The van der Waals surface area contributed by atoms with Crippen LogP contribution in [0.4, 0.5) is 0 Å². The largest absolute Gasteiger partial charge is 0.434 e. The monoisotopic (exact) mass is 528 g/mol. The molecule has 202 valence electrons. The number of piperidine rings is 1. The Labute approximate surface area is 220 Å². The van der Waals surface area contributed by atoms with E-state index >= 15 is 0 Å². The average molecular weight is 529 g/mol. The van der Waals surface area contributed by atoms with Crippen LogP contribution in [-0.2, 0) is 10.2 Å². The first-order valence-electron chi connectivity index (χ1n) is 13.0. The summed E-state index contributed by atoms with van der Waals surface area (Å²) in [6, 6.07) is 13.5. The molecule has 9 heteroatoms. The number of H-pyrrole nitrogens is 1. The van der Waals surface area contributed by atoms with Gasteiger partial charge in [0.2, 0.25) is 5.89 Å². The van der Waals surface area contributed by atoms with Crippen molar-refractivity contribution in [1.29, 1.82) is 0 Å². The van der Waals surface area contributed by atoms with Crippen molar-refractivity contribution in [2.24, 2.45) is 0 Å². The van der Waals surface area contributed by atoms with E-state index in [1.54, 1.807) is 7.05 Å². The van der Waals surface area contributed by atoms with E-state index in [0.717, 1.165) is 35.1 Å². The van der Waals surface area contributed by atoms with Crippen molar-refractivity contribution in [3.63, 3.8) is 0 Å². The standard InChI is InChI=1S/C26H34N4O4S.C2H6/c1-17-11-12-18(2)23(19(17)3)20(4)24(25-27-28-26(31)34-25)29(5)35(32,33)30-15-13-22(14-16-30)21-9-7-6-8-10-21;1-2/h6-12,20,22,24H,13-16H2,1-5H3,(H,28,31);1-2H3. The Morgan fingerprint density at radius 2 is 1.62 bits per heavy atom. The number of likely N-dealkylation sites (N-methyl/N-ethyl adjacent to an activating group) is 1. The van der Waals surface area contributed by atoms with E-state index in [-0.39, 0.29) is 11.8 Å². The maximum absolute atomic E-state index is 13.8. The van der Waals surface area contributed by atoms with Gasteiger partial charge in [-0.2, -0.15) is 17.0 Å². The van der Waals surface area contributed by atoms with Gasteiger partial charge in [-0.3, -0.25) is 0 Å². The first kappa shape index (κ1) is 28.8. The Morgan fingerprint density at radius 3 is 2.19 bits per heavy atom. The summed E-state index contributed by atoms with van der Waals surface area (Å²) in [5, 5.41) is 6.35. The van der Waals surface area contributed by atoms with Crippen LogP contribution >= 0.6 is 0 Å². The summed E-state index contributed by atoms with van der Waals surface area (Å²) in [7, 11) is -2.29. The molecule has 1 aliphatic rings. The van der Waals surface area contributed by atoms with Gasteiger partial charge in [0.15, 0.2) is 0 Å². The molecular weight excluding hydrogens is 488 g/mol. The van der Waals surface area contributed by atoms with E-state index in [0.29, 0.717) is 19.0 Å². The highest BCUT2D eigenvalue weighted by atomic mass is 32.2. The van der Waals surface area contributed by atoms with Crippen LogP contribution in [0.5, 0.6) is 0 Å². The molecule has 0 amide bonds. The zero-order valence-corrected chi connectivity index (χ0v) is 23.8. The third kappa shape index (κ3) is 6.05. The Balaban J connectivity index is 0.00000186. The van der Waals surface area contributed by atoms with E-state index in [1.807, 2.05) is 65.8 Å². The third-order valence-corrected chi connectivity index (χ3v) is 9.42. The number of nitrogens with zero attached hydrogens (tertiary/aromatic N) is 3. The molecule has 2 aromatic carbocycles. The molecule has 0 spiro atoms. The zero-order chi connectivity index (χ0) is 27.3. The Morgan fingerprint density at radius 1 is 1.03 bits per heavy atom. The van der Waals surface area contributed by atoms with Gasteiger partial charge in [-0.05, 0) is 67.3 Å². The Kier molecular flexibility index (Phi) is 9.50. The van der Waals surface area contributed by atoms with Crippen molar-refractivity contribution >= 4 is 10.2 Å². The number of aromatic nitrogens is 2. The first-order valence-corrected chi connectivity index (χ1v) is 14.4. The van der Waals surface area contributed by atoms with Crippen LogP contribution in [0.3, 0.4) is 0 Å². The molecule has 1 N–H and O–H groups in total. The van der Waals surface area contributed by atoms with Gasteiger partial charge in [-0.25, -0.2) is 9.89 Å². The quantitative estimate of drug-likeness (QED) is 0.454. The lowest BCUT2D eigenvalue weighted by Gasteiger charge is -2.37. The lowest BCUT2D eigenvalue weighted by Crippen LogP contribution is -2.47. The SMILES string of the molecule is CC.Cc1ccc(C)c(C(C)C(c2n[nH]c(=O)o2)N(C)S(=O)(=O)N2CCC(c3ccccc3)CC2)c1C. The van der Waals surface area contributed by atoms with Crippen molar-refractivity contribution < 1.29 is 12.8 Å². The summed E-state index contributed by atoms with van der Waals surface area (Å²) in [5.74, 6) is -0.606. The number of rotatable bonds is 7. The maximum atomic E-state index is 13.8. The summed E-state index contributed by atoms with van der Waals surface area (Å²) in [6.45, 7) is 12.9. The number of hydrogen-bond donors (Lipinski definition) is 1. The van der Waals surface area contributed by atoms with Gasteiger partial charge in [0.25, 0.3) is 10.2 Å². The smallest absolute Gasteiger partial charge is 0.391 e. The van der Waals surface area contributed by atoms with E-state index in [2.05, 4.69) is 28.4 Å². The van der Waals surface area contributed by atoms with Gasteiger partial charge < -0.3 is 4.42 Å². The highest BCUT2D eigenvalue weighted by Gasteiger charge is 2.41. The molecule has 8 nitrogen and oxygen atoms in total. The van der Waals surface area contributed by atoms with Crippen molar-refractivity contribution in [3.05, 3.63) is 86.7 Å². The molecule has 2 unspecified atom stereocenters. The molecule has 2 heterocycles. The number of hydrogen-bond acceptors (Lipinski definition) is 5. The lowest BCUT2D eigenvalue weighted by atomic mass is 9.85. The third-order valence-electron chi connectivity index (χ3n) is 7.45. The predicted molar refractivity (Wildman–Crippen MR) is 147 cm³/mol. The van der Waals surface area contributed by atoms with Gasteiger partial charge in [-0.15, -0.1) is 5.10 Å². The summed E-state index contributed by atoms with van der Waals surface area (Å²) in [4.78, 5) is 11.8. The minimum absolute atomic E-state index is 0.0630. The molecule has 0 saturated carbocycles. The van der Waals surface area contributed by atoms with Crippen LogP contribution < -0.4 is 5.76 Å². The fourth-order valence-corrected chi connectivity index (χ4v) is 6.95. The topological polar surface area (TPSA) is 99.5 Å². The Bertz CT molecular complexity index is 1330. The van der Waals surface area contributed by atoms with Gasteiger partial charge in [0.1, 0.15) is 6.04 Å². The number of aryl methyl sites for hydroxylation is 2. The molecule has 0 radical (unpaired) electrons. The molecular formula is C28H40N4O4S. The van der Waals surface area contributed by atoms with Gasteiger partial charge in [-0.1, -0.05) is 63.2 Å². The van der Waals surface area contributed by atoms with Crippen LogP contribution in [0.15, 0.2) is 51.7 Å². The second-order valence-corrected chi connectivity index (χ2v) is 11.5. The second-order valence-electron chi connectivity index (χ2n) is 9.53. The van der Waals surface area contributed by atoms with Crippen molar-refractivity contribution in [2.75, 3.05) is 20.1 Å². The molecule has 1 aliphatic heterocycles. The summed E-state index contributed by atoms with van der Waals surface area (Å²) < 4.78 is 35.8. The van der Waals surface area contributed by atoms with Crippen molar-refractivity contribution in [2.45, 2.75) is 72.3 Å². The molecule has 1 saturated heterocycles. The molecule has 0 bridgehead atoms. The normalized spacial score (nSPS) is 16.8. The van der Waals surface area contributed by atoms with Gasteiger partial charge in [0.05, 0.1) is 0 Å². The average Bonchev–Trinajstić information content (AvgIpc) is 3.34. The van der Waals surface area contributed by atoms with Crippen LogP contribution in [-0.4, -0.2) is 47.4 Å². The zero-order valence-electron chi connectivity index (χ0n) is 23.0. The fraction of sp³-hybridized carbons (Fsp3) is 0.500. The van der Waals surface area contributed by atoms with Crippen LogP contribution in [0, 0.1) is 20.8 Å². The number of aromatic amines is 1. The van der Waals surface area contributed by atoms with E-state index in [4.69, 9.17) is 4.42 Å². The van der Waals surface area contributed by atoms with E-state index in [9.17, 15) is 13.2 Å². The van der Waals surface area contributed by atoms with Crippen LogP contribution in [0.2, 0.25) is 0 Å². The summed E-state index contributed by atoms with van der Waals surface area (Å²) >= 11 is 0. The highest BCUT2D eigenvalue weighted by molar-refractivity contribution is 7.86. The summed E-state index contributed by atoms with van der Waals surface area (Å²) in [6.07, 6.45) is 1.51. The minimum atomic E-state index is -3.84. The molecule has 4 rings (SSSR count). The second kappa shape index (κ2) is 12.2. The fourth-order valence-electron chi connectivity index (χ4n) is 5.35. The molecule has 2 atom stereocenters. The lowest BCUT2D eigenvalue weighted by molar-refractivity contribution is 0.238. The molecule has 1 aromatic heterocycles. The van der Waals surface area contributed by atoms with Crippen molar-refractivity contribution in [3.8, 4) is 0 Å². The number of benzene rings is 2. The van der Waals surface area contributed by atoms with Crippen molar-refractivity contribution in [1.82, 2.24) is 18.8 Å².